The Morgan fingerprint density at radius 1 is 1.00 bits per heavy atom. The van der Waals surface area contributed by atoms with Crippen LogP contribution >= 0.6 is 11.3 Å². The molecule has 1 N–H and O–H groups in total. The number of hydrogen-bond acceptors (Lipinski definition) is 3. The summed E-state index contributed by atoms with van der Waals surface area (Å²) in [6, 6.07) is 13.3. The van der Waals surface area contributed by atoms with Gasteiger partial charge < -0.3 is 5.11 Å². The van der Waals surface area contributed by atoms with Crippen LogP contribution in [0.5, 0.6) is 5.75 Å². The third-order valence-corrected chi connectivity index (χ3v) is 2.64. The van der Waals surface area contributed by atoms with Gasteiger partial charge in [-0.05, 0) is 11.5 Å². The predicted molar refractivity (Wildman–Crippen MR) is 67.7 cm³/mol. The van der Waals surface area contributed by atoms with Gasteiger partial charge in [0, 0.05) is 17.0 Å². The lowest BCUT2D eigenvalue weighted by molar-refractivity contribution is 0.481. The van der Waals surface area contributed by atoms with E-state index in [1.54, 1.807) is 29.1 Å². The summed E-state index contributed by atoms with van der Waals surface area (Å²) in [5, 5.41) is 13.3. The highest BCUT2D eigenvalue weighted by Gasteiger charge is 1.94. The van der Waals surface area contributed by atoms with Crippen LogP contribution in [0.25, 0.3) is 10.8 Å². The van der Waals surface area contributed by atoms with Crippen molar-refractivity contribution in [1.82, 2.24) is 4.98 Å². The number of nitrogens with zero attached hydrogens (tertiary/aromatic N) is 1. The van der Waals surface area contributed by atoms with E-state index in [1.807, 2.05) is 41.8 Å². The Morgan fingerprint density at radius 3 is 2.44 bits per heavy atom. The van der Waals surface area contributed by atoms with E-state index in [1.165, 1.54) is 0 Å². The zero-order chi connectivity index (χ0) is 11.2. The summed E-state index contributed by atoms with van der Waals surface area (Å²) in [6.07, 6.45) is 1.77. The van der Waals surface area contributed by atoms with Crippen LogP contribution in [0.15, 0.2) is 59.6 Å². The Kier molecular flexibility index (Phi) is 3.51. The number of benzene rings is 2. The minimum absolute atomic E-state index is 0.350. The molecule has 1 heterocycles. The zero-order valence-corrected chi connectivity index (χ0v) is 9.39. The topological polar surface area (TPSA) is 33.1 Å². The van der Waals surface area contributed by atoms with Crippen molar-refractivity contribution in [2.45, 2.75) is 0 Å². The Hall–Kier alpha value is -1.87. The number of aromatic nitrogens is 1. The van der Waals surface area contributed by atoms with E-state index in [0.717, 1.165) is 10.8 Å². The minimum Gasteiger partial charge on any atom is -0.507 e. The largest absolute Gasteiger partial charge is 0.507 e. The highest BCUT2D eigenvalue weighted by Crippen LogP contribution is 2.22. The smallest absolute Gasteiger partial charge is 0.123 e. The molecular formula is C13H11NOS. The molecule has 0 radical (unpaired) electrons. The lowest BCUT2D eigenvalue weighted by Gasteiger charge is -1.97. The maximum absolute atomic E-state index is 9.37. The van der Waals surface area contributed by atoms with Gasteiger partial charge in [-0.25, -0.2) is 0 Å². The molecule has 2 aromatic carbocycles. The molecule has 0 aliphatic rings. The van der Waals surface area contributed by atoms with Crippen LogP contribution < -0.4 is 0 Å². The molecule has 1 aromatic heterocycles. The second kappa shape index (κ2) is 5.28. The van der Waals surface area contributed by atoms with Gasteiger partial charge in [-0.3, -0.25) is 4.98 Å². The number of rotatable bonds is 0. The van der Waals surface area contributed by atoms with Gasteiger partial charge in [0.25, 0.3) is 0 Å². The van der Waals surface area contributed by atoms with Crippen LogP contribution in [0.1, 0.15) is 0 Å². The highest BCUT2D eigenvalue weighted by atomic mass is 32.1. The average molecular weight is 229 g/mol. The lowest BCUT2D eigenvalue weighted by Crippen LogP contribution is -1.70. The van der Waals surface area contributed by atoms with Crippen molar-refractivity contribution in [3.05, 3.63) is 59.6 Å². The van der Waals surface area contributed by atoms with E-state index in [4.69, 9.17) is 0 Å². The van der Waals surface area contributed by atoms with Gasteiger partial charge in [0.2, 0.25) is 0 Å². The molecule has 0 fully saturated rings. The summed E-state index contributed by atoms with van der Waals surface area (Å²) in [5.74, 6) is 0.350. The van der Waals surface area contributed by atoms with E-state index >= 15 is 0 Å². The first kappa shape index (κ1) is 10.6. The van der Waals surface area contributed by atoms with Crippen LogP contribution in [0.2, 0.25) is 0 Å². The second-order valence-electron chi connectivity index (χ2n) is 3.17. The molecular weight excluding hydrogens is 218 g/mol. The van der Waals surface area contributed by atoms with Crippen molar-refractivity contribution in [3.63, 3.8) is 0 Å². The summed E-state index contributed by atoms with van der Waals surface area (Å²) >= 11 is 1.60. The summed E-state index contributed by atoms with van der Waals surface area (Å²) in [4.78, 5) is 3.74. The molecule has 0 saturated carbocycles. The number of fused-ring (bicyclic) bond motifs is 1. The van der Waals surface area contributed by atoms with Crippen molar-refractivity contribution in [3.8, 4) is 5.75 Å². The van der Waals surface area contributed by atoms with E-state index in [0.29, 0.717) is 5.75 Å². The van der Waals surface area contributed by atoms with Gasteiger partial charge in [-0.2, -0.15) is 0 Å². The second-order valence-corrected chi connectivity index (χ2v) is 3.93. The van der Waals surface area contributed by atoms with E-state index in [-0.39, 0.29) is 0 Å². The number of phenols is 1. The van der Waals surface area contributed by atoms with Gasteiger partial charge >= 0.3 is 0 Å². The molecule has 0 saturated heterocycles. The molecule has 16 heavy (non-hydrogen) atoms. The third-order valence-electron chi connectivity index (χ3n) is 2.11. The maximum Gasteiger partial charge on any atom is 0.123 e. The van der Waals surface area contributed by atoms with Crippen molar-refractivity contribution in [2.24, 2.45) is 0 Å². The molecule has 80 valence electrons. The fourth-order valence-corrected chi connectivity index (χ4v) is 1.74. The van der Waals surface area contributed by atoms with Gasteiger partial charge in [-0.1, -0.05) is 36.4 Å². The Labute approximate surface area is 97.8 Å². The Morgan fingerprint density at radius 2 is 1.81 bits per heavy atom. The Balaban J connectivity index is 0.000000162. The molecule has 3 rings (SSSR count). The van der Waals surface area contributed by atoms with Crippen LogP contribution in [-0.2, 0) is 0 Å². The summed E-state index contributed by atoms with van der Waals surface area (Å²) in [7, 11) is 0. The van der Waals surface area contributed by atoms with E-state index in [9.17, 15) is 5.11 Å². The normalized spacial score (nSPS) is 9.50. The molecule has 3 heteroatoms. The van der Waals surface area contributed by atoms with E-state index in [2.05, 4.69) is 4.98 Å². The Bertz CT molecular complexity index is 526. The van der Waals surface area contributed by atoms with Gasteiger partial charge in [0.05, 0.1) is 5.51 Å². The first-order valence-electron chi connectivity index (χ1n) is 4.87. The molecule has 0 atom stereocenters. The zero-order valence-electron chi connectivity index (χ0n) is 8.58. The van der Waals surface area contributed by atoms with E-state index < -0.39 is 0 Å². The number of thiazole rings is 1. The third kappa shape index (κ3) is 2.58. The van der Waals surface area contributed by atoms with Gasteiger partial charge in [0.15, 0.2) is 0 Å². The number of aromatic hydroxyl groups is 1. The van der Waals surface area contributed by atoms with Crippen LogP contribution in [0.4, 0.5) is 0 Å². The number of hydrogen-bond donors (Lipinski definition) is 1. The molecule has 0 unspecified atom stereocenters. The van der Waals surface area contributed by atoms with Gasteiger partial charge in [-0.15, -0.1) is 11.3 Å². The summed E-state index contributed by atoms with van der Waals surface area (Å²) < 4.78 is 0. The molecule has 0 bridgehead atoms. The fraction of sp³-hybridized carbons (Fsp3) is 0. The van der Waals surface area contributed by atoms with Crippen molar-refractivity contribution in [2.75, 3.05) is 0 Å². The molecule has 0 amide bonds. The standard InChI is InChI=1S/C10H8O.C3H3NS/c11-10-7-3-5-8-4-1-2-6-9(8)10;1-2-5-3-4-1/h1-7,11H;1-3H. The van der Waals surface area contributed by atoms with Crippen molar-refractivity contribution >= 4 is 22.1 Å². The first-order valence-corrected chi connectivity index (χ1v) is 5.81. The molecule has 3 aromatic rings. The SMILES string of the molecule is Oc1cccc2ccccc12.c1cscn1. The maximum atomic E-state index is 9.37. The van der Waals surface area contributed by atoms with Crippen molar-refractivity contribution in [1.29, 1.82) is 0 Å². The molecule has 0 aliphatic carbocycles. The summed E-state index contributed by atoms with van der Waals surface area (Å²) in [6.45, 7) is 0. The first-order chi connectivity index (χ1) is 7.88. The highest BCUT2D eigenvalue weighted by molar-refractivity contribution is 7.07. The summed E-state index contributed by atoms with van der Waals surface area (Å²) in [5.41, 5.74) is 1.79. The van der Waals surface area contributed by atoms with Crippen LogP contribution in [0.3, 0.4) is 0 Å². The minimum atomic E-state index is 0.350. The quantitative estimate of drug-likeness (QED) is 0.637. The monoisotopic (exact) mass is 229 g/mol. The van der Waals surface area contributed by atoms with Crippen LogP contribution in [-0.4, -0.2) is 10.1 Å². The average Bonchev–Trinajstić information content (AvgIpc) is 2.88. The molecule has 2 nitrogen and oxygen atoms in total. The van der Waals surface area contributed by atoms with Crippen molar-refractivity contribution < 1.29 is 5.11 Å². The lowest BCUT2D eigenvalue weighted by atomic mass is 10.1. The van der Waals surface area contributed by atoms with Gasteiger partial charge in [0.1, 0.15) is 5.75 Å². The fourth-order valence-electron chi connectivity index (χ4n) is 1.38. The molecule has 0 spiro atoms. The van der Waals surface area contributed by atoms with Crippen LogP contribution in [0, 0.1) is 0 Å². The predicted octanol–water partition coefficient (Wildman–Crippen LogP) is 3.69. The molecule has 0 aliphatic heterocycles. The number of phenolic OH excluding ortho intramolecular Hbond substituents is 1.